The molecule has 0 fully saturated rings. The van der Waals surface area contributed by atoms with Gasteiger partial charge in [0.05, 0.1) is 6.04 Å². The zero-order chi connectivity index (χ0) is 17.7. The summed E-state index contributed by atoms with van der Waals surface area (Å²) in [5.41, 5.74) is 3.03. The molecule has 0 spiro atoms. The van der Waals surface area contributed by atoms with E-state index in [1.165, 1.54) is 0 Å². The van der Waals surface area contributed by atoms with Crippen molar-refractivity contribution in [1.29, 1.82) is 0 Å². The third-order valence-electron chi connectivity index (χ3n) is 4.32. The van der Waals surface area contributed by atoms with Crippen LogP contribution in [0.1, 0.15) is 57.7 Å². The van der Waals surface area contributed by atoms with Gasteiger partial charge >= 0.3 is 0 Å². The highest BCUT2D eigenvalue weighted by molar-refractivity contribution is 5.93. The summed E-state index contributed by atoms with van der Waals surface area (Å²) in [6, 6.07) is 5.81. The molecule has 0 unspecified atom stereocenters. The molecule has 2 atom stereocenters. The van der Waals surface area contributed by atoms with Gasteiger partial charge in [0.2, 0.25) is 11.8 Å². The quantitative estimate of drug-likeness (QED) is 0.806. The van der Waals surface area contributed by atoms with Gasteiger partial charge in [0.15, 0.2) is 0 Å². The van der Waals surface area contributed by atoms with Gasteiger partial charge < -0.3 is 15.4 Å². The molecule has 1 aliphatic rings. The van der Waals surface area contributed by atoms with Crippen molar-refractivity contribution in [2.75, 3.05) is 11.9 Å². The van der Waals surface area contributed by atoms with E-state index >= 15 is 0 Å². The Labute approximate surface area is 144 Å². The van der Waals surface area contributed by atoms with E-state index in [2.05, 4.69) is 30.5 Å². The molecule has 2 rings (SSSR count). The lowest BCUT2D eigenvalue weighted by Crippen LogP contribution is -2.36. The first-order valence-corrected chi connectivity index (χ1v) is 8.71. The predicted octanol–water partition coefficient (Wildman–Crippen LogP) is 3.20. The smallest absolute Gasteiger partial charge is 0.249 e. The highest BCUT2D eigenvalue weighted by Gasteiger charge is 2.19. The molecule has 132 valence electrons. The molecule has 24 heavy (non-hydrogen) atoms. The normalized spacial score (nSPS) is 16.3. The fourth-order valence-electron chi connectivity index (χ4n) is 2.64. The first-order valence-electron chi connectivity index (χ1n) is 8.71. The minimum atomic E-state index is -0.455. The van der Waals surface area contributed by atoms with E-state index < -0.39 is 6.10 Å². The third-order valence-corrected chi connectivity index (χ3v) is 4.32. The maximum absolute atomic E-state index is 12.2. The largest absolute Gasteiger partial charge is 0.369 e. The maximum Gasteiger partial charge on any atom is 0.249 e. The molecule has 0 aliphatic carbocycles. The monoisotopic (exact) mass is 332 g/mol. The summed E-state index contributed by atoms with van der Waals surface area (Å²) < 4.78 is 5.59. The summed E-state index contributed by atoms with van der Waals surface area (Å²) in [6.07, 6.45) is 1.74. The van der Waals surface area contributed by atoms with Crippen LogP contribution in [0.25, 0.3) is 0 Å². The van der Waals surface area contributed by atoms with Crippen LogP contribution in [0.2, 0.25) is 0 Å². The van der Waals surface area contributed by atoms with Gasteiger partial charge in [-0.2, -0.15) is 0 Å². The number of aryl methyl sites for hydroxylation is 1. The number of hydrogen-bond acceptors (Lipinski definition) is 3. The Morgan fingerprint density at radius 1 is 1.25 bits per heavy atom. The number of fused-ring (bicyclic) bond motifs is 1. The van der Waals surface area contributed by atoms with Crippen molar-refractivity contribution in [2.45, 2.75) is 59.1 Å². The molecule has 0 saturated carbocycles. The van der Waals surface area contributed by atoms with Crippen molar-refractivity contribution in [3.05, 3.63) is 29.3 Å². The number of ether oxygens (including phenoxy) is 1. The van der Waals surface area contributed by atoms with E-state index in [1.54, 1.807) is 6.92 Å². The number of anilines is 1. The van der Waals surface area contributed by atoms with Crippen LogP contribution in [0.15, 0.2) is 18.2 Å². The molecule has 0 saturated heterocycles. The van der Waals surface area contributed by atoms with Gasteiger partial charge in [0.1, 0.15) is 6.10 Å². The van der Waals surface area contributed by atoms with Gasteiger partial charge in [-0.1, -0.05) is 26.0 Å². The fraction of sp³-hybridized carbons (Fsp3) is 0.579. The molecule has 1 aromatic carbocycles. The van der Waals surface area contributed by atoms with Crippen molar-refractivity contribution < 1.29 is 14.3 Å². The predicted molar refractivity (Wildman–Crippen MR) is 94.8 cm³/mol. The minimum Gasteiger partial charge on any atom is -0.369 e. The van der Waals surface area contributed by atoms with E-state index in [9.17, 15) is 9.59 Å². The Balaban J connectivity index is 1.91. The summed E-state index contributed by atoms with van der Waals surface area (Å²) in [5, 5.41) is 5.87. The second-order valence-corrected chi connectivity index (χ2v) is 6.89. The topological polar surface area (TPSA) is 67.4 Å². The number of carbonyl (C=O) groups excluding carboxylic acids is 2. The lowest BCUT2D eigenvalue weighted by atomic mass is 9.97. The van der Waals surface area contributed by atoms with Gasteiger partial charge in [0, 0.05) is 18.7 Å². The summed E-state index contributed by atoms with van der Waals surface area (Å²) >= 11 is 0. The Morgan fingerprint density at radius 2 is 2.00 bits per heavy atom. The molecule has 5 nitrogen and oxygen atoms in total. The Hall–Kier alpha value is -1.88. The minimum absolute atomic E-state index is 0.0592. The average Bonchev–Trinajstić information content (AvgIpc) is 2.53. The third kappa shape index (κ3) is 5.06. The van der Waals surface area contributed by atoms with Crippen LogP contribution in [-0.2, 0) is 20.7 Å². The van der Waals surface area contributed by atoms with Crippen molar-refractivity contribution >= 4 is 17.5 Å². The number of hydrogen-bond donors (Lipinski definition) is 2. The molecule has 0 bridgehead atoms. The van der Waals surface area contributed by atoms with E-state index in [4.69, 9.17) is 4.74 Å². The molecule has 1 heterocycles. The highest BCUT2D eigenvalue weighted by Crippen LogP contribution is 2.26. The Morgan fingerprint density at radius 3 is 2.71 bits per heavy atom. The molecule has 5 heteroatoms. The number of benzene rings is 1. The number of carbonyl (C=O) groups is 2. The van der Waals surface area contributed by atoms with Gasteiger partial charge in [-0.15, -0.1) is 0 Å². The molecule has 0 aromatic heterocycles. The fourth-order valence-corrected chi connectivity index (χ4v) is 2.64. The lowest BCUT2D eigenvalue weighted by molar-refractivity contribution is -0.132. The van der Waals surface area contributed by atoms with Crippen LogP contribution in [0.4, 0.5) is 5.69 Å². The summed E-state index contributed by atoms with van der Waals surface area (Å²) in [4.78, 5) is 23.7. The Bertz CT molecular complexity index is 598. The molecule has 2 amide bonds. The van der Waals surface area contributed by atoms with Crippen molar-refractivity contribution in [2.24, 2.45) is 5.92 Å². The lowest BCUT2D eigenvalue weighted by Gasteiger charge is -2.22. The van der Waals surface area contributed by atoms with Gasteiger partial charge in [-0.05, 0) is 49.8 Å². The van der Waals surface area contributed by atoms with E-state index in [-0.39, 0.29) is 17.9 Å². The van der Waals surface area contributed by atoms with Crippen LogP contribution in [0.3, 0.4) is 0 Å². The number of nitrogens with one attached hydrogen (secondary N) is 2. The summed E-state index contributed by atoms with van der Waals surface area (Å²) in [5.74, 6) is 0.524. The SMILES string of the molecule is CC(C)CCO[C@@H](C)C(=O)N[C@@H](C)c1ccc2c(c1)CCC(=O)N2. The van der Waals surface area contributed by atoms with Crippen LogP contribution in [0.5, 0.6) is 0 Å². The second kappa shape index (κ2) is 8.29. The van der Waals surface area contributed by atoms with Crippen LogP contribution in [0, 0.1) is 5.92 Å². The second-order valence-electron chi connectivity index (χ2n) is 6.89. The van der Waals surface area contributed by atoms with Crippen LogP contribution in [-0.4, -0.2) is 24.5 Å². The standard InChI is InChI=1S/C19H28N2O3/c1-12(2)9-10-24-14(4)19(23)20-13(3)15-5-7-17-16(11-15)6-8-18(22)21-17/h5,7,11-14H,6,8-10H2,1-4H3,(H,20,23)(H,21,22)/t13-,14-/m0/s1. The number of rotatable bonds is 7. The molecule has 2 N–H and O–H groups in total. The van der Waals surface area contributed by atoms with Gasteiger partial charge in [-0.25, -0.2) is 0 Å². The van der Waals surface area contributed by atoms with Gasteiger partial charge in [-0.3, -0.25) is 9.59 Å². The average molecular weight is 332 g/mol. The first kappa shape index (κ1) is 18.5. The van der Waals surface area contributed by atoms with Gasteiger partial charge in [0.25, 0.3) is 0 Å². The highest BCUT2D eigenvalue weighted by atomic mass is 16.5. The molecular weight excluding hydrogens is 304 g/mol. The van der Waals surface area contributed by atoms with E-state index in [0.29, 0.717) is 18.9 Å². The molecule has 0 radical (unpaired) electrons. The summed E-state index contributed by atoms with van der Waals surface area (Å²) in [6.45, 7) is 8.61. The summed E-state index contributed by atoms with van der Waals surface area (Å²) in [7, 11) is 0. The zero-order valence-electron chi connectivity index (χ0n) is 15.0. The van der Waals surface area contributed by atoms with E-state index in [1.807, 2.05) is 19.1 Å². The van der Waals surface area contributed by atoms with Crippen molar-refractivity contribution in [3.63, 3.8) is 0 Å². The Kier molecular flexibility index (Phi) is 6.37. The number of amides is 2. The molecular formula is C19H28N2O3. The zero-order valence-corrected chi connectivity index (χ0v) is 15.0. The van der Waals surface area contributed by atoms with Crippen LogP contribution >= 0.6 is 0 Å². The molecule has 1 aliphatic heterocycles. The van der Waals surface area contributed by atoms with Crippen molar-refractivity contribution in [3.8, 4) is 0 Å². The molecule has 1 aromatic rings. The first-order chi connectivity index (χ1) is 11.4. The van der Waals surface area contributed by atoms with Crippen molar-refractivity contribution in [1.82, 2.24) is 5.32 Å². The van der Waals surface area contributed by atoms with E-state index in [0.717, 1.165) is 29.7 Å². The van der Waals surface area contributed by atoms with Crippen LogP contribution < -0.4 is 10.6 Å². The maximum atomic E-state index is 12.2.